The molecule has 1 heterocycles. The Labute approximate surface area is 80.1 Å². The molecule has 0 saturated heterocycles. The molecule has 0 spiro atoms. The van der Waals surface area contributed by atoms with Gasteiger partial charge in [-0.25, -0.2) is 0 Å². The Hall–Kier alpha value is -0.540. The largest absolute Gasteiger partial charge is 0.446 e. The van der Waals surface area contributed by atoms with E-state index in [2.05, 4.69) is 0 Å². The first-order chi connectivity index (χ1) is 5.68. The molecule has 0 aliphatic heterocycles. The summed E-state index contributed by atoms with van der Waals surface area (Å²) >= 11 is 7.01. The Balaban J connectivity index is 2.37. The van der Waals surface area contributed by atoms with Crippen LogP contribution in [0.4, 0.5) is 0 Å². The number of hydrogen-bond donors (Lipinski definition) is 0. The molecule has 1 atom stereocenters. The summed E-state index contributed by atoms with van der Waals surface area (Å²) in [6.07, 6.45) is 0.314. The molecule has 0 radical (unpaired) electrons. The number of thiophene rings is 1. The molecule has 0 amide bonds. The van der Waals surface area contributed by atoms with Gasteiger partial charge in [0.05, 0.1) is 6.42 Å². The van der Waals surface area contributed by atoms with E-state index in [9.17, 15) is 4.79 Å². The third-order valence-corrected chi connectivity index (χ3v) is 2.16. The van der Waals surface area contributed by atoms with Gasteiger partial charge in [0.15, 0.2) is 5.56 Å². The van der Waals surface area contributed by atoms with Crippen molar-refractivity contribution in [1.29, 1.82) is 0 Å². The number of hydrogen-bond acceptors (Lipinski definition) is 3. The highest BCUT2D eigenvalue weighted by Gasteiger charge is 2.07. The van der Waals surface area contributed by atoms with Crippen molar-refractivity contribution >= 4 is 28.9 Å². The van der Waals surface area contributed by atoms with E-state index >= 15 is 0 Å². The molecule has 66 valence electrons. The average Bonchev–Trinajstić information content (AvgIpc) is 2.37. The molecular formula is C8H9ClO2S. The molecular weight excluding hydrogens is 196 g/mol. The molecule has 0 fully saturated rings. The lowest BCUT2D eigenvalue weighted by molar-refractivity contribution is -0.143. The smallest absolute Gasteiger partial charge is 0.312 e. The van der Waals surface area contributed by atoms with E-state index in [1.165, 1.54) is 11.3 Å². The van der Waals surface area contributed by atoms with Gasteiger partial charge < -0.3 is 4.74 Å². The van der Waals surface area contributed by atoms with Crippen LogP contribution in [0.25, 0.3) is 0 Å². The first-order valence-electron chi connectivity index (χ1n) is 3.54. The van der Waals surface area contributed by atoms with Gasteiger partial charge in [0.2, 0.25) is 0 Å². The monoisotopic (exact) mass is 204 g/mol. The Morgan fingerprint density at radius 3 is 3.08 bits per heavy atom. The lowest BCUT2D eigenvalue weighted by Crippen LogP contribution is -2.11. The zero-order chi connectivity index (χ0) is 8.97. The predicted molar refractivity (Wildman–Crippen MR) is 49.4 cm³/mol. The van der Waals surface area contributed by atoms with E-state index in [0.717, 1.165) is 4.88 Å². The minimum Gasteiger partial charge on any atom is -0.446 e. The van der Waals surface area contributed by atoms with E-state index in [0.29, 0.717) is 6.42 Å². The third kappa shape index (κ3) is 3.24. The Kier molecular flexibility index (Phi) is 3.56. The lowest BCUT2D eigenvalue weighted by Gasteiger charge is -2.04. The molecule has 0 bridgehead atoms. The van der Waals surface area contributed by atoms with Crippen molar-refractivity contribution in [1.82, 2.24) is 0 Å². The second-order valence-corrected chi connectivity index (χ2v) is 3.94. The molecule has 0 saturated carbocycles. The van der Waals surface area contributed by atoms with Gasteiger partial charge in [0.1, 0.15) is 0 Å². The normalized spacial score (nSPS) is 12.5. The maximum Gasteiger partial charge on any atom is 0.312 e. The summed E-state index contributed by atoms with van der Waals surface area (Å²) in [6, 6.07) is 3.79. The van der Waals surface area contributed by atoms with Gasteiger partial charge in [0.25, 0.3) is 0 Å². The van der Waals surface area contributed by atoms with E-state index in [1.54, 1.807) is 6.92 Å². The van der Waals surface area contributed by atoms with Gasteiger partial charge in [-0.15, -0.1) is 11.3 Å². The van der Waals surface area contributed by atoms with Crippen LogP contribution < -0.4 is 0 Å². The van der Waals surface area contributed by atoms with Crippen molar-refractivity contribution in [2.24, 2.45) is 0 Å². The fourth-order valence-electron chi connectivity index (χ4n) is 0.778. The Morgan fingerprint density at radius 2 is 2.58 bits per heavy atom. The minimum absolute atomic E-state index is 0.278. The van der Waals surface area contributed by atoms with Gasteiger partial charge in [0, 0.05) is 4.88 Å². The number of ether oxygens (including phenoxy) is 1. The Bertz CT molecular complexity index is 244. The van der Waals surface area contributed by atoms with Gasteiger partial charge in [-0.3, -0.25) is 4.79 Å². The van der Waals surface area contributed by atoms with Crippen LogP contribution in [0.15, 0.2) is 17.5 Å². The molecule has 1 unspecified atom stereocenters. The van der Waals surface area contributed by atoms with Crippen molar-refractivity contribution in [3.8, 4) is 0 Å². The van der Waals surface area contributed by atoms with Gasteiger partial charge in [-0.05, 0) is 18.4 Å². The molecule has 1 aromatic heterocycles. The third-order valence-electron chi connectivity index (χ3n) is 1.19. The standard InChI is InChI=1S/C8H9ClO2S/c1-6(9)11-8(10)5-7-3-2-4-12-7/h2-4,6H,5H2,1H3. The van der Waals surface area contributed by atoms with Crippen LogP contribution in [-0.2, 0) is 16.0 Å². The fourth-order valence-corrected chi connectivity index (χ4v) is 1.57. The summed E-state index contributed by atoms with van der Waals surface area (Å²) < 4.78 is 4.76. The molecule has 4 heteroatoms. The van der Waals surface area contributed by atoms with Gasteiger partial charge >= 0.3 is 5.97 Å². The first kappa shape index (κ1) is 9.55. The fraction of sp³-hybridized carbons (Fsp3) is 0.375. The second kappa shape index (κ2) is 4.48. The maximum absolute atomic E-state index is 11.0. The summed E-state index contributed by atoms with van der Waals surface area (Å²) in [5.41, 5.74) is -0.544. The van der Waals surface area contributed by atoms with E-state index in [4.69, 9.17) is 16.3 Å². The maximum atomic E-state index is 11.0. The highest BCUT2D eigenvalue weighted by atomic mass is 35.5. The van der Waals surface area contributed by atoms with Crippen molar-refractivity contribution in [3.63, 3.8) is 0 Å². The van der Waals surface area contributed by atoms with E-state index < -0.39 is 5.56 Å². The number of carbonyl (C=O) groups excluding carboxylic acids is 1. The molecule has 2 nitrogen and oxygen atoms in total. The molecule has 1 aromatic rings. The summed E-state index contributed by atoms with van der Waals surface area (Å²) in [5, 5.41) is 1.92. The number of esters is 1. The Morgan fingerprint density at radius 1 is 1.83 bits per heavy atom. The molecule has 12 heavy (non-hydrogen) atoms. The van der Waals surface area contributed by atoms with Crippen LogP contribution in [0.1, 0.15) is 11.8 Å². The van der Waals surface area contributed by atoms with Crippen molar-refractivity contribution in [2.45, 2.75) is 18.9 Å². The topological polar surface area (TPSA) is 26.3 Å². The van der Waals surface area contributed by atoms with Crippen LogP contribution in [0.2, 0.25) is 0 Å². The van der Waals surface area contributed by atoms with Crippen molar-refractivity contribution in [2.75, 3.05) is 0 Å². The van der Waals surface area contributed by atoms with Gasteiger partial charge in [-0.1, -0.05) is 17.7 Å². The average molecular weight is 205 g/mol. The highest BCUT2D eigenvalue weighted by molar-refractivity contribution is 7.10. The minimum atomic E-state index is -0.544. The second-order valence-electron chi connectivity index (χ2n) is 2.29. The van der Waals surface area contributed by atoms with E-state index in [1.807, 2.05) is 17.5 Å². The van der Waals surface area contributed by atoms with Crippen LogP contribution in [-0.4, -0.2) is 11.5 Å². The van der Waals surface area contributed by atoms with Crippen LogP contribution in [0.3, 0.4) is 0 Å². The molecule has 0 N–H and O–H groups in total. The summed E-state index contributed by atoms with van der Waals surface area (Å²) in [6.45, 7) is 1.62. The number of carbonyl (C=O) groups is 1. The zero-order valence-corrected chi connectivity index (χ0v) is 8.19. The predicted octanol–water partition coefficient (Wildman–Crippen LogP) is 2.42. The lowest BCUT2D eigenvalue weighted by atomic mass is 10.3. The van der Waals surface area contributed by atoms with Crippen LogP contribution in [0, 0.1) is 0 Å². The summed E-state index contributed by atoms with van der Waals surface area (Å²) in [4.78, 5) is 12.0. The number of halogens is 1. The highest BCUT2D eigenvalue weighted by Crippen LogP contribution is 2.10. The zero-order valence-electron chi connectivity index (χ0n) is 6.62. The van der Waals surface area contributed by atoms with E-state index in [-0.39, 0.29) is 5.97 Å². The SMILES string of the molecule is CC(Cl)OC(=O)Cc1cccs1. The first-order valence-corrected chi connectivity index (χ1v) is 4.86. The summed E-state index contributed by atoms with van der Waals surface area (Å²) in [5.74, 6) is -0.278. The quantitative estimate of drug-likeness (QED) is 0.559. The number of alkyl halides is 1. The van der Waals surface area contributed by atoms with Crippen molar-refractivity contribution in [3.05, 3.63) is 22.4 Å². The van der Waals surface area contributed by atoms with Crippen LogP contribution >= 0.6 is 22.9 Å². The molecule has 0 aliphatic carbocycles. The molecule has 0 aromatic carbocycles. The van der Waals surface area contributed by atoms with Crippen molar-refractivity contribution < 1.29 is 9.53 Å². The summed E-state index contributed by atoms with van der Waals surface area (Å²) in [7, 11) is 0. The van der Waals surface area contributed by atoms with Gasteiger partial charge in [-0.2, -0.15) is 0 Å². The molecule has 0 aliphatic rings. The molecule has 1 rings (SSSR count). The number of rotatable bonds is 3. The van der Waals surface area contributed by atoms with Crippen LogP contribution in [0.5, 0.6) is 0 Å².